The van der Waals surface area contributed by atoms with Crippen LogP contribution in [0.3, 0.4) is 0 Å². The van der Waals surface area contributed by atoms with Gasteiger partial charge in [-0.05, 0) is 35.7 Å². The largest absolute Gasteiger partial charge is 0.416 e. The van der Waals surface area contributed by atoms with E-state index in [1.54, 1.807) is 18.2 Å². The molecule has 0 fully saturated rings. The van der Waals surface area contributed by atoms with Crippen molar-refractivity contribution in [2.45, 2.75) is 25.6 Å². The summed E-state index contributed by atoms with van der Waals surface area (Å²) in [5, 5.41) is 0.532. The maximum Gasteiger partial charge on any atom is 0.416 e. The zero-order valence-corrected chi connectivity index (χ0v) is 12.8. The van der Waals surface area contributed by atoms with Gasteiger partial charge in [-0.2, -0.15) is 13.2 Å². The first-order chi connectivity index (χ1) is 10.9. The van der Waals surface area contributed by atoms with Gasteiger partial charge in [-0.1, -0.05) is 35.9 Å². The first-order valence-electron chi connectivity index (χ1n) is 7.11. The Hall–Kier alpha value is -2.01. The Labute approximate surface area is 136 Å². The minimum absolute atomic E-state index is 0.0705. The van der Waals surface area contributed by atoms with E-state index < -0.39 is 11.7 Å². The number of hydrogen-bond donors (Lipinski definition) is 0. The molecule has 0 saturated heterocycles. The quantitative estimate of drug-likeness (QED) is 0.766. The fourth-order valence-corrected chi connectivity index (χ4v) is 3.09. The zero-order valence-electron chi connectivity index (χ0n) is 12.0. The van der Waals surface area contributed by atoms with E-state index in [9.17, 15) is 18.0 Å². The molecule has 120 valence electrons. The molecule has 1 aliphatic rings. The molecular weight excluding hydrogens is 327 g/mol. The molecule has 2 nitrogen and oxygen atoms in total. The summed E-state index contributed by atoms with van der Waals surface area (Å²) in [5.41, 5.74) is 0.743. The second kappa shape index (κ2) is 5.89. The summed E-state index contributed by atoms with van der Waals surface area (Å²) in [6.07, 6.45) is -3.71. The third-order valence-corrected chi connectivity index (χ3v) is 4.28. The van der Waals surface area contributed by atoms with Crippen molar-refractivity contribution in [2.24, 2.45) is 0 Å². The third kappa shape index (κ3) is 3.06. The van der Waals surface area contributed by atoms with Crippen molar-refractivity contribution in [3.05, 3.63) is 64.2 Å². The van der Waals surface area contributed by atoms with E-state index >= 15 is 0 Å². The molecular formula is C17H13ClF3NO. The molecule has 0 bridgehead atoms. The molecule has 0 saturated carbocycles. The van der Waals surface area contributed by atoms with Crippen LogP contribution in [0.5, 0.6) is 0 Å². The molecule has 0 atom stereocenters. The molecule has 2 aromatic rings. The molecule has 0 aliphatic carbocycles. The molecule has 0 N–H and O–H groups in total. The number of fused-ring (bicyclic) bond motifs is 1. The number of anilines is 1. The van der Waals surface area contributed by atoms with Crippen molar-refractivity contribution < 1.29 is 18.0 Å². The number of amides is 1. The number of halogens is 4. The van der Waals surface area contributed by atoms with E-state index in [0.29, 0.717) is 17.1 Å². The summed E-state index contributed by atoms with van der Waals surface area (Å²) in [5.74, 6) is -0.197. The predicted molar refractivity (Wildman–Crippen MR) is 82.4 cm³/mol. The highest BCUT2D eigenvalue weighted by Gasteiger charge is 2.34. The van der Waals surface area contributed by atoms with Gasteiger partial charge in [0.25, 0.3) is 0 Å². The zero-order chi connectivity index (χ0) is 16.6. The Morgan fingerprint density at radius 3 is 2.52 bits per heavy atom. The Kier molecular flexibility index (Phi) is 4.06. The van der Waals surface area contributed by atoms with Crippen LogP contribution in [0.25, 0.3) is 0 Å². The van der Waals surface area contributed by atoms with Crippen molar-refractivity contribution >= 4 is 23.2 Å². The predicted octanol–water partition coefficient (Wildman–Crippen LogP) is 4.84. The standard InChI is InChI=1S/C17H13ClF3NO/c18-14-6-3-7-15-12(14)8-9-16(23)22(15)10-11-4-1-2-5-13(11)17(19,20)21/h1-7H,8-10H2. The van der Waals surface area contributed by atoms with E-state index in [0.717, 1.165) is 11.6 Å². The highest BCUT2D eigenvalue weighted by atomic mass is 35.5. The van der Waals surface area contributed by atoms with Gasteiger partial charge < -0.3 is 4.90 Å². The maximum absolute atomic E-state index is 13.1. The van der Waals surface area contributed by atoms with Crippen LogP contribution in [-0.2, 0) is 23.9 Å². The molecule has 1 aliphatic heterocycles. The summed E-state index contributed by atoms with van der Waals surface area (Å²) in [6.45, 7) is -0.123. The lowest BCUT2D eigenvalue weighted by atomic mass is 9.99. The van der Waals surface area contributed by atoms with E-state index in [2.05, 4.69) is 0 Å². The van der Waals surface area contributed by atoms with Gasteiger partial charge >= 0.3 is 6.18 Å². The molecule has 0 radical (unpaired) electrons. The summed E-state index contributed by atoms with van der Waals surface area (Å²) >= 11 is 6.14. The highest BCUT2D eigenvalue weighted by molar-refractivity contribution is 6.32. The first-order valence-corrected chi connectivity index (χ1v) is 7.48. The summed E-state index contributed by atoms with van der Waals surface area (Å²) in [6, 6.07) is 10.4. The Balaban J connectivity index is 2.02. The third-order valence-electron chi connectivity index (χ3n) is 3.93. The lowest BCUT2D eigenvalue weighted by Gasteiger charge is -2.30. The Morgan fingerprint density at radius 1 is 1.04 bits per heavy atom. The van der Waals surface area contributed by atoms with Crippen LogP contribution in [0.4, 0.5) is 18.9 Å². The molecule has 23 heavy (non-hydrogen) atoms. The lowest BCUT2D eigenvalue weighted by Crippen LogP contribution is -2.35. The molecule has 2 aromatic carbocycles. The second-order valence-corrected chi connectivity index (χ2v) is 5.78. The number of rotatable bonds is 2. The smallest absolute Gasteiger partial charge is 0.308 e. The van der Waals surface area contributed by atoms with Gasteiger partial charge in [0.1, 0.15) is 0 Å². The monoisotopic (exact) mass is 339 g/mol. The number of benzene rings is 2. The van der Waals surface area contributed by atoms with Crippen molar-refractivity contribution in [1.82, 2.24) is 0 Å². The average molecular weight is 340 g/mol. The normalized spacial score (nSPS) is 14.8. The summed E-state index contributed by atoms with van der Waals surface area (Å²) in [4.78, 5) is 13.6. The van der Waals surface area contributed by atoms with Crippen molar-refractivity contribution in [2.75, 3.05) is 4.90 Å². The molecule has 6 heteroatoms. The number of carbonyl (C=O) groups excluding carboxylic acids is 1. The van der Waals surface area contributed by atoms with E-state index in [1.807, 2.05) is 0 Å². The van der Waals surface area contributed by atoms with E-state index in [1.165, 1.54) is 23.1 Å². The molecule has 0 spiro atoms. The molecule has 0 aromatic heterocycles. The van der Waals surface area contributed by atoms with Gasteiger partial charge in [-0.25, -0.2) is 0 Å². The Morgan fingerprint density at radius 2 is 1.78 bits per heavy atom. The molecule has 1 heterocycles. The fourth-order valence-electron chi connectivity index (χ4n) is 2.83. The van der Waals surface area contributed by atoms with Crippen LogP contribution in [0.1, 0.15) is 23.1 Å². The van der Waals surface area contributed by atoms with E-state index in [-0.39, 0.29) is 24.4 Å². The number of alkyl halides is 3. The Bertz CT molecular complexity index is 758. The van der Waals surface area contributed by atoms with Crippen molar-refractivity contribution in [3.63, 3.8) is 0 Å². The van der Waals surface area contributed by atoms with Crippen LogP contribution in [-0.4, -0.2) is 5.91 Å². The van der Waals surface area contributed by atoms with Crippen LogP contribution in [0, 0.1) is 0 Å². The van der Waals surface area contributed by atoms with Gasteiger partial charge in [0.05, 0.1) is 12.1 Å². The molecule has 1 amide bonds. The summed E-state index contributed by atoms with van der Waals surface area (Å²) in [7, 11) is 0. The lowest BCUT2D eigenvalue weighted by molar-refractivity contribution is -0.138. The van der Waals surface area contributed by atoms with Gasteiger partial charge in [-0.3, -0.25) is 4.79 Å². The maximum atomic E-state index is 13.1. The topological polar surface area (TPSA) is 20.3 Å². The first kappa shape index (κ1) is 15.9. The number of carbonyl (C=O) groups is 1. The highest BCUT2D eigenvalue weighted by Crippen LogP contribution is 2.36. The fraction of sp³-hybridized carbons (Fsp3) is 0.235. The second-order valence-electron chi connectivity index (χ2n) is 5.37. The number of hydrogen-bond acceptors (Lipinski definition) is 1. The van der Waals surface area contributed by atoms with Gasteiger partial charge in [0.15, 0.2) is 0 Å². The molecule has 0 unspecified atom stereocenters. The minimum Gasteiger partial charge on any atom is -0.308 e. The number of nitrogens with zero attached hydrogens (tertiary/aromatic N) is 1. The van der Waals surface area contributed by atoms with Gasteiger partial charge in [0.2, 0.25) is 5.91 Å². The van der Waals surface area contributed by atoms with Crippen molar-refractivity contribution in [3.8, 4) is 0 Å². The SMILES string of the molecule is O=C1CCc2c(Cl)cccc2N1Cc1ccccc1C(F)(F)F. The van der Waals surface area contributed by atoms with Crippen molar-refractivity contribution in [1.29, 1.82) is 0 Å². The van der Waals surface area contributed by atoms with Crippen LogP contribution in [0.15, 0.2) is 42.5 Å². The average Bonchev–Trinajstić information content (AvgIpc) is 2.50. The van der Waals surface area contributed by atoms with Crippen LogP contribution in [0.2, 0.25) is 5.02 Å². The van der Waals surface area contributed by atoms with Crippen LogP contribution < -0.4 is 4.90 Å². The minimum atomic E-state index is -4.45. The summed E-state index contributed by atoms with van der Waals surface area (Å²) < 4.78 is 39.4. The van der Waals surface area contributed by atoms with Gasteiger partial charge in [-0.15, -0.1) is 0 Å². The van der Waals surface area contributed by atoms with Crippen LogP contribution >= 0.6 is 11.6 Å². The van der Waals surface area contributed by atoms with E-state index in [4.69, 9.17) is 11.6 Å². The molecule has 3 rings (SSSR count). The van der Waals surface area contributed by atoms with Gasteiger partial charge in [0, 0.05) is 17.1 Å².